The Kier molecular flexibility index (Phi) is 2.64. The lowest BCUT2D eigenvalue weighted by Crippen LogP contribution is -2.12. The van der Waals surface area contributed by atoms with Gasteiger partial charge in [-0.25, -0.2) is 0 Å². The Hall–Kier alpha value is -2.14. The van der Waals surface area contributed by atoms with Crippen molar-refractivity contribution >= 4 is 28.3 Å². The van der Waals surface area contributed by atoms with Gasteiger partial charge in [0.2, 0.25) is 0 Å². The summed E-state index contributed by atoms with van der Waals surface area (Å²) in [5.74, 6) is -0.460. The Morgan fingerprint density at radius 1 is 1.42 bits per heavy atom. The van der Waals surface area contributed by atoms with E-state index in [1.165, 1.54) is 4.88 Å². The molecule has 0 aliphatic carbocycles. The quantitative estimate of drug-likeness (QED) is 0.752. The van der Waals surface area contributed by atoms with Crippen molar-refractivity contribution in [2.75, 3.05) is 0 Å². The summed E-state index contributed by atoms with van der Waals surface area (Å²) < 4.78 is 0. The van der Waals surface area contributed by atoms with Crippen LogP contribution in [0.25, 0.3) is 21.5 Å². The van der Waals surface area contributed by atoms with Gasteiger partial charge in [0.25, 0.3) is 5.91 Å². The number of aromatic nitrogens is 2. The van der Waals surface area contributed by atoms with E-state index in [0.717, 1.165) is 27.0 Å². The zero-order valence-electron chi connectivity index (χ0n) is 10.7. The molecule has 0 aliphatic rings. The average Bonchev–Trinajstić information content (AvgIpc) is 2.89. The maximum absolute atomic E-state index is 11.7. The Balaban J connectivity index is 2.41. The molecule has 3 aromatic rings. The topological polar surface area (TPSA) is 71.8 Å². The van der Waals surface area contributed by atoms with Crippen LogP contribution in [-0.2, 0) is 0 Å². The molecule has 3 rings (SSSR count). The predicted molar refractivity (Wildman–Crippen MR) is 77.4 cm³/mol. The second-order valence-electron chi connectivity index (χ2n) is 4.51. The highest BCUT2D eigenvalue weighted by atomic mass is 32.1. The van der Waals surface area contributed by atoms with Crippen molar-refractivity contribution in [3.63, 3.8) is 0 Å². The highest BCUT2D eigenvalue weighted by Crippen LogP contribution is 2.38. The van der Waals surface area contributed by atoms with Crippen molar-refractivity contribution in [3.05, 3.63) is 40.5 Å². The van der Waals surface area contributed by atoms with E-state index in [2.05, 4.69) is 16.0 Å². The number of pyridine rings is 1. The molecular formula is C14H13N3OS. The summed E-state index contributed by atoms with van der Waals surface area (Å²) in [6, 6.07) is 5.83. The maximum atomic E-state index is 11.7. The van der Waals surface area contributed by atoms with Gasteiger partial charge in [-0.1, -0.05) is 0 Å². The second kappa shape index (κ2) is 4.20. The fraction of sp³-hybridized carbons (Fsp3) is 0.143. The van der Waals surface area contributed by atoms with Crippen LogP contribution in [0.4, 0.5) is 0 Å². The molecule has 0 aromatic carbocycles. The van der Waals surface area contributed by atoms with Gasteiger partial charge in [0.05, 0.1) is 11.0 Å². The van der Waals surface area contributed by atoms with Crippen molar-refractivity contribution in [1.82, 2.24) is 9.97 Å². The summed E-state index contributed by atoms with van der Waals surface area (Å²) in [4.78, 5) is 21.4. The number of primary amides is 1. The van der Waals surface area contributed by atoms with E-state index in [0.29, 0.717) is 5.69 Å². The van der Waals surface area contributed by atoms with Crippen molar-refractivity contribution in [2.45, 2.75) is 13.8 Å². The van der Waals surface area contributed by atoms with Gasteiger partial charge in [0, 0.05) is 21.5 Å². The number of carbonyl (C=O) groups excluding carboxylic acids is 1. The molecule has 19 heavy (non-hydrogen) atoms. The van der Waals surface area contributed by atoms with Gasteiger partial charge < -0.3 is 10.7 Å². The molecule has 0 saturated carbocycles. The van der Waals surface area contributed by atoms with Gasteiger partial charge in [0.1, 0.15) is 5.69 Å². The first-order chi connectivity index (χ1) is 9.08. The smallest absolute Gasteiger partial charge is 0.265 e. The number of aryl methyl sites for hydroxylation is 2. The SMILES string of the molecule is Cc1cc(C)c(-c2c(C(N)=O)[nH]c3cccnc23)s1. The average molecular weight is 271 g/mol. The van der Waals surface area contributed by atoms with Gasteiger partial charge in [-0.15, -0.1) is 11.3 Å². The van der Waals surface area contributed by atoms with E-state index < -0.39 is 5.91 Å². The van der Waals surface area contributed by atoms with Crippen molar-refractivity contribution < 1.29 is 4.79 Å². The maximum Gasteiger partial charge on any atom is 0.265 e. The van der Waals surface area contributed by atoms with Crippen LogP contribution < -0.4 is 5.73 Å². The molecule has 0 spiro atoms. The highest BCUT2D eigenvalue weighted by Gasteiger charge is 2.20. The van der Waals surface area contributed by atoms with E-state index in [1.54, 1.807) is 17.5 Å². The molecule has 0 atom stereocenters. The summed E-state index contributed by atoms with van der Waals surface area (Å²) in [5.41, 5.74) is 9.49. The van der Waals surface area contributed by atoms with E-state index in [9.17, 15) is 4.79 Å². The number of nitrogens with one attached hydrogen (secondary N) is 1. The van der Waals surface area contributed by atoms with Gasteiger partial charge >= 0.3 is 0 Å². The van der Waals surface area contributed by atoms with Crippen LogP contribution in [0, 0.1) is 13.8 Å². The van der Waals surface area contributed by atoms with E-state index >= 15 is 0 Å². The second-order valence-corrected chi connectivity index (χ2v) is 5.76. The first-order valence-corrected chi connectivity index (χ1v) is 6.73. The molecule has 3 aromatic heterocycles. The third kappa shape index (κ3) is 1.82. The Morgan fingerprint density at radius 2 is 2.21 bits per heavy atom. The molecule has 0 aliphatic heterocycles. The van der Waals surface area contributed by atoms with E-state index in [1.807, 2.05) is 26.0 Å². The minimum Gasteiger partial charge on any atom is -0.364 e. The first kappa shape index (κ1) is 11.9. The molecule has 5 heteroatoms. The number of carbonyl (C=O) groups is 1. The highest BCUT2D eigenvalue weighted by molar-refractivity contribution is 7.15. The molecule has 0 bridgehead atoms. The molecule has 3 heterocycles. The van der Waals surface area contributed by atoms with Crippen molar-refractivity contribution in [1.29, 1.82) is 0 Å². The fourth-order valence-electron chi connectivity index (χ4n) is 2.32. The Morgan fingerprint density at radius 3 is 2.84 bits per heavy atom. The van der Waals surface area contributed by atoms with Crippen LogP contribution in [0.1, 0.15) is 20.9 Å². The van der Waals surface area contributed by atoms with Crippen molar-refractivity contribution in [2.24, 2.45) is 5.73 Å². The third-order valence-electron chi connectivity index (χ3n) is 3.07. The van der Waals surface area contributed by atoms with Crippen LogP contribution in [0.15, 0.2) is 24.4 Å². The summed E-state index contributed by atoms with van der Waals surface area (Å²) >= 11 is 1.65. The number of rotatable bonds is 2. The molecule has 1 amide bonds. The molecule has 0 saturated heterocycles. The molecule has 4 nitrogen and oxygen atoms in total. The summed E-state index contributed by atoms with van der Waals surface area (Å²) in [7, 11) is 0. The minimum atomic E-state index is -0.460. The van der Waals surface area contributed by atoms with Gasteiger partial charge in [-0.3, -0.25) is 9.78 Å². The minimum absolute atomic E-state index is 0.429. The molecule has 0 unspecified atom stereocenters. The predicted octanol–water partition coefficient (Wildman–Crippen LogP) is 3.01. The lowest BCUT2D eigenvalue weighted by Gasteiger charge is -2.00. The molecule has 96 valence electrons. The normalized spacial score (nSPS) is 11.1. The fourth-order valence-corrected chi connectivity index (χ4v) is 3.39. The number of hydrogen-bond acceptors (Lipinski definition) is 3. The largest absolute Gasteiger partial charge is 0.364 e. The van der Waals surface area contributed by atoms with Crippen LogP contribution in [0.5, 0.6) is 0 Å². The summed E-state index contributed by atoms with van der Waals surface area (Å²) in [5, 5.41) is 0. The van der Waals surface area contributed by atoms with Crippen LogP contribution >= 0.6 is 11.3 Å². The van der Waals surface area contributed by atoms with E-state index in [-0.39, 0.29) is 0 Å². The number of amides is 1. The molecule has 0 radical (unpaired) electrons. The number of aromatic amines is 1. The van der Waals surface area contributed by atoms with Crippen LogP contribution in [-0.4, -0.2) is 15.9 Å². The zero-order valence-corrected chi connectivity index (χ0v) is 11.5. The Labute approximate surface area is 114 Å². The monoisotopic (exact) mass is 271 g/mol. The first-order valence-electron chi connectivity index (χ1n) is 5.92. The number of hydrogen-bond donors (Lipinski definition) is 2. The zero-order chi connectivity index (χ0) is 13.6. The molecule has 0 fully saturated rings. The molecule has 3 N–H and O–H groups in total. The number of thiophene rings is 1. The van der Waals surface area contributed by atoms with Gasteiger partial charge in [-0.05, 0) is 37.6 Å². The number of nitrogens with zero attached hydrogens (tertiary/aromatic N) is 1. The standard InChI is InChI=1S/C14H13N3OS/c1-7-6-8(2)19-13(7)10-11-9(4-3-5-16-11)17-12(10)14(15)18/h3-6,17H,1-2H3,(H2,15,18). The van der Waals surface area contributed by atoms with Gasteiger partial charge in [0.15, 0.2) is 0 Å². The van der Waals surface area contributed by atoms with Crippen LogP contribution in [0.3, 0.4) is 0 Å². The number of fused-ring (bicyclic) bond motifs is 1. The van der Waals surface area contributed by atoms with Crippen molar-refractivity contribution in [3.8, 4) is 10.4 Å². The molecular weight excluding hydrogens is 258 g/mol. The Bertz CT molecular complexity index is 785. The number of H-pyrrole nitrogens is 1. The summed E-state index contributed by atoms with van der Waals surface area (Å²) in [6.07, 6.45) is 1.72. The van der Waals surface area contributed by atoms with Crippen LogP contribution in [0.2, 0.25) is 0 Å². The third-order valence-corrected chi connectivity index (χ3v) is 4.24. The van der Waals surface area contributed by atoms with E-state index in [4.69, 9.17) is 5.73 Å². The lowest BCUT2D eigenvalue weighted by molar-refractivity contribution is 0.0997. The lowest BCUT2D eigenvalue weighted by atomic mass is 10.1. The number of nitrogens with two attached hydrogens (primary N) is 1. The summed E-state index contributed by atoms with van der Waals surface area (Å²) in [6.45, 7) is 4.08. The van der Waals surface area contributed by atoms with Gasteiger partial charge in [-0.2, -0.15) is 0 Å².